The summed E-state index contributed by atoms with van der Waals surface area (Å²) in [5.41, 5.74) is 1.75. The number of rotatable bonds is 5. The minimum atomic E-state index is -0.996. The second-order valence-electron chi connectivity index (χ2n) is 5.72. The van der Waals surface area contributed by atoms with E-state index in [4.69, 9.17) is 9.84 Å². The van der Waals surface area contributed by atoms with Gasteiger partial charge in [0.25, 0.3) is 5.91 Å². The summed E-state index contributed by atoms with van der Waals surface area (Å²) in [6, 6.07) is 8.02. The van der Waals surface area contributed by atoms with Crippen molar-refractivity contribution < 1.29 is 19.4 Å². The summed E-state index contributed by atoms with van der Waals surface area (Å²) in [7, 11) is 0. The van der Waals surface area contributed by atoms with Crippen LogP contribution in [0.15, 0.2) is 39.3 Å². The molecule has 2 aromatic rings. The number of aromatic carboxylic acids is 1. The van der Waals surface area contributed by atoms with Crippen LogP contribution in [-0.2, 0) is 0 Å². The van der Waals surface area contributed by atoms with E-state index in [1.165, 1.54) is 6.07 Å². The number of carboxylic acids is 1. The molecule has 0 bridgehead atoms. The molecule has 0 saturated carbocycles. The number of carbonyl (C=O) groups is 2. The third-order valence-corrected chi connectivity index (χ3v) is 4.51. The van der Waals surface area contributed by atoms with Crippen LogP contribution in [0.3, 0.4) is 0 Å². The molecule has 2 N–H and O–H groups in total. The van der Waals surface area contributed by atoms with Crippen LogP contribution < -0.4 is 10.1 Å². The Morgan fingerprint density at radius 3 is 2.20 bits per heavy atom. The Morgan fingerprint density at radius 1 is 1.12 bits per heavy atom. The molecule has 0 radical (unpaired) electrons. The minimum absolute atomic E-state index is 0.00278. The number of halogens is 2. The third-order valence-electron chi connectivity index (χ3n) is 3.33. The van der Waals surface area contributed by atoms with Gasteiger partial charge in [-0.1, -0.05) is 0 Å². The summed E-state index contributed by atoms with van der Waals surface area (Å²) in [5.74, 6) is -0.669. The molecule has 0 fully saturated rings. The summed E-state index contributed by atoms with van der Waals surface area (Å²) in [6.45, 7) is 5.52. The molecule has 0 unspecified atom stereocenters. The molecule has 132 valence electrons. The lowest BCUT2D eigenvalue weighted by Crippen LogP contribution is -2.13. The van der Waals surface area contributed by atoms with Crippen molar-refractivity contribution in [3.05, 3.63) is 56.0 Å². The first kappa shape index (κ1) is 19.5. The van der Waals surface area contributed by atoms with Crippen LogP contribution in [0.5, 0.6) is 5.75 Å². The van der Waals surface area contributed by atoms with Gasteiger partial charge in [-0.15, -0.1) is 0 Å². The van der Waals surface area contributed by atoms with E-state index in [9.17, 15) is 9.59 Å². The molecule has 2 aromatic carbocycles. The fourth-order valence-electron chi connectivity index (χ4n) is 2.22. The molecule has 0 atom stereocenters. The van der Waals surface area contributed by atoms with E-state index in [2.05, 4.69) is 37.2 Å². The maximum absolute atomic E-state index is 12.5. The Balaban J connectivity index is 2.24. The predicted octanol–water partition coefficient (Wildman–Crippen LogP) is 5.26. The molecule has 0 heterocycles. The van der Waals surface area contributed by atoms with Gasteiger partial charge < -0.3 is 15.2 Å². The van der Waals surface area contributed by atoms with E-state index in [1.807, 2.05) is 13.8 Å². The number of carboxylic acid groups (broad SMARTS) is 1. The van der Waals surface area contributed by atoms with Crippen molar-refractivity contribution in [1.29, 1.82) is 0 Å². The first-order valence-corrected chi connectivity index (χ1v) is 9.08. The van der Waals surface area contributed by atoms with E-state index in [0.717, 1.165) is 0 Å². The highest BCUT2D eigenvalue weighted by atomic mass is 79.9. The predicted molar refractivity (Wildman–Crippen MR) is 104 cm³/mol. The topological polar surface area (TPSA) is 75.6 Å². The molecule has 25 heavy (non-hydrogen) atoms. The van der Waals surface area contributed by atoms with Gasteiger partial charge in [-0.05, 0) is 88.5 Å². The third kappa shape index (κ3) is 4.83. The van der Waals surface area contributed by atoms with E-state index in [-0.39, 0.29) is 17.6 Å². The molecule has 0 saturated heterocycles. The quantitative estimate of drug-likeness (QED) is 0.625. The Hall–Kier alpha value is -1.86. The van der Waals surface area contributed by atoms with E-state index in [1.54, 1.807) is 31.2 Å². The number of anilines is 1. The van der Waals surface area contributed by atoms with Crippen LogP contribution in [0.1, 0.15) is 40.1 Å². The maximum atomic E-state index is 12.5. The Labute approximate surface area is 162 Å². The lowest BCUT2D eigenvalue weighted by molar-refractivity contribution is 0.0696. The van der Waals surface area contributed by atoms with Crippen LogP contribution in [-0.4, -0.2) is 23.1 Å². The Bertz CT molecular complexity index is 811. The van der Waals surface area contributed by atoms with Crippen LogP contribution >= 0.6 is 31.9 Å². The monoisotopic (exact) mass is 469 g/mol. The fourth-order valence-corrected chi connectivity index (χ4v) is 3.60. The number of hydrogen-bond donors (Lipinski definition) is 2. The van der Waals surface area contributed by atoms with Crippen molar-refractivity contribution in [1.82, 2.24) is 0 Å². The van der Waals surface area contributed by atoms with Crippen molar-refractivity contribution in [3.63, 3.8) is 0 Å². The molecule has 7 heteroatoms. The lowest BCUT2D eigenvalue weighted by Gasteiger charge is -2.15. The van der Waals surface area contributed by atoms with Crippen LogP contribution in [0.2, 0.25) is 0 Å². The van der Waals surface area contributed by atoms with Crippen molar-refractivity contribution in [2.24, 2.45) is 0 Å². The summed E-state index contributed by atoms with van der Waals surface area (Å²) in [6.07, 6.45) is 0.00278. The largest absolute Gasteiger partial charge is 0.489 e. The van der Waals surface area contributed by atoms with Crippen molar-refractivity contribution >= 4 is 49.4 Å². The molecular weight excluding hydrogens is 454 g/mol. The first-order valence-electron chi connectivity index (χ1n) is 7.50. The van der Waals surface area contributed by atoms with Gasteiger partial charge in [0, 0.05) is 11.3 Å². The van der Waals surface area contributed by atoms with Gasteiger partial charge in [-0.3, -0.25) is 4.79 Å². The maximum Gasteiger partial charge on any atom is 0.335 e. The average molecular weight is 471 g/mol. The zero-order valence-electron chi connectivity index (χ0n) is 13.9. The van der Waals surface area contributed by atoms with Crippen LogP contribution in [0.25, 0.3) is 0 Å². The molecule has 0 aliphatic carbocycles. The highest BCUT2D eigenvalue weighted by molar-refractivity contribution is 9.11. The van der Waals surface area contributed by atoms with Crippen LogP contribution in [0, 0.1) is 6.92 Å². The summed E-state index contributed by atoms with van der Waals surface area (Å²) in [4.78, 5) is 23.5. The fraction of sp³-hybridized carbons (Fsp3) is 0.222. The van der Waals surface area contributed by atoms with Gasteiger partial charge in [-0.25, -0.2) is 4.79 Å². The molecule has 0 aromatic heterocycles. The molecule has 0 aliphatic rings. The zero-order valence-corrected chi connectivity index (χ0v) is 17.1. The second kappa shape index (κ2) is 8.01. The summed E-state index contributed by atoms with van der Waals surface area (Å²) >= 11 is 6.83. The number of amides is 1. The zero-order chi connectivity index (χ0) is 18.7. The van der Waals surface area contributed by atoms with Crippen molar-refractivity contribution in [2.75, 3.05) is 5.32 Å². The number of nitrogens with one attached hydrogen (secondary N) is 1. The van der Waals surface area contributed by atoms with Crippen molar-refractivity contribution in [3.8, 4) is 5.75 Å². The van der Waals surface area contributed by atoms with E-state index < -0.39 is 5.97 Å². The number of ether oxygens (including phenoxy) is 1. The molecule has 5 nitrogen and oxygen atoms in total. The first-order chi connectivity index (χ1) is 11.7. The summed E-state index contributed by atoms with van der Waals surface area (Å²) in [5, 5.41) is 11.8. The molecule has 0 aliphatic heterocycles. The van der Waals surface area contributed by atoms with Crippen molar-refractivity contribution in [2.45, 2.75) is 26.9 Å². The Kier molecular flexibility index (Phi) is 6.24. The molecule has 0 spiro atoms. The highest BCUT2D eigenvalue weighted by Crippen LogP contribution is 2.35. The van der Waals surface area contributed by atoms with Gasteiger partial charge in [0.05, 0.1) is 20.6 Å². The van der Waals surface area contributed by atoms with Gasteiger partial charge in [0.1, 0.15) is 5.75 Å². The van der Waals surface area contributed by atoms with Gasteiger partial charge in [0.2, 0.25) is 0 Å². The smallest absolute Gasteiger partial charge is 0.335 e. The average Bonchev–Trinajstić information content (AvgIpc) is 2.50. The molecular formula is C18H17Br2NO4. The number of aryl methyl sites for hydroxylation is 1. The Morgan fingerprint density at radius 2 is 1.72 bits per heavy atom. The normalized spacial score (nSPS) is 10.6. The second-order valence-corrected chi connectivity index (χ2v) is 7.43. The minimum Gasteiger partial charge on any atom is -0.489 e. The molecule has 2 rings (SSSR count). The van der Waals surface area contributed by atoms with E-state index >= 15 is 0 Å². The van der Waals surface area contributed by atoms with E-state index in [0.29, 0.717) is 31.5 Å². The van der Waals surface area contributed by atoms with Gasteiger partial charge in [0.15, 0.2) is 0 Å². The summed E-state index contributed by atoms with van der Waals surface area (Å²) < 4.78 is 7.03. The lowest BCUT2D eigenvalue weighted by atomic mass is 10.1. The number of benzene rings is 2. The molecule has 1 amide bonds. The SMILES string of the molecule is Cc1cc(NC(=O)c2cc(Br)c(OC(C)C)c(Br)c2)ccc1C(=O)O. The number of carbonyl (C=O) groups excluding carboxylic acids is 1. The standard InChI is InChI=1S/C18H17Br2NO4/c1-9(2)25-16-14(19)7-11(8-15(16)20)17(22)21-12-4-5-13(18(23)24)10(3)6-12/h4-9H,1-3H3,(H,21,22)(H,23,24). The number of hydrogen-bond acceptors (Lipinski definition) is 3. The van der Waals surface area contributed by atoms with Gasteiger partial charge in [-0.2, -0.15) is 0 Å². The van der Waals surface area contributed by atoms with Gasteiger partial charge >= 0.3 is 5.97 Å². The highest BCUT2D eigenvalue weighted by Gasteiger charge is 2.15. The van der Waals surface area contributed by atoms with Crippen LogP contribution in [0.4, 0.5) is 5.69 Å².